The minimum Gasteiger partial charge on any atom is -0.493 e. The van der Waals surface area contributed by atoms with E-state index in [-0.39, 0.29) is 40.0 Å². The van der Waals surface area contributed by atoms with Crippen LogP contribution >= 0.6 is 0 Å². The molecule has 8 aromatic rings. The van der Waals surface area contributed by atoms with Crippen molar-refractivity contribution in [3.05, 3.63) is 102 Å². The molecule has 0 unspecified atom stereocenters. The molecule has 0 saturated heterocycles. The lowest BCUT2D eigenvalue weighted by Crippen LogP contribution is -2.19. The van der Waals surface area contributed by atoms with E-state index in [0.29, 0.717) is 33.7 Å². The Morgan fingerprint density at radius 3 is 1.62 bits per heavy atom. The van der Waals surface area contributed by atoms with Crippen LogP contribution in [0.1, 0.15) is 0 Å². The van der Waals surface area contributed by atoms with E-state index in [9.17, 15) is 17.6 Å². The van der Waals surface area contributed by atoms with Gasteiger partial charge in [-0.3, -0.25) is 19.3 Å². The quantitative estimate of drug-likeness (QED) is 0.148. The number of hydrogen-bond donors (Lipinski definition) is 0. The Morgan fingerprint density at radius 2 is 1.10 bits per heavy atom. The SMILES string of the molecule is COc1cc(OC)c(F)c(N(C)c2ccc3ncc(-c4cnn(C)c4)nc3n2)c1F.COc1cc(OC)c(F)c(N=c2ccc3ncc(-c4cnn(C)c4)nc3n2C)c1F. The lowest BCUT2D eigenvalue weighted by atomic mass is 10.2. The predicted molar refractivity (Wildman–Crippen MR) is 212 cm³/mol. The maximum atomic E-state index is 14.9. The summed E-state index contributed by atoms with van der Waals surface area (Å²) in [6, 6.07) is 8.86. The summed E-state index contributed by atoms with van der Waals surface area (Å²) in [5.74, 6) is -3.94. The highest BCUT2D eigenvalue weighted by molar-refractivity contribution is 5.77. The van der Waals surface area contributed by atoms with Gasteiger partial charge in [-0.1, -0.05) is 0 Å². The van der Waals surface area contributed by atoms with Gasteiger partial charge in [-0.05, 0) is 24.3 Å². The van der Waals surface area contributed by atoms with Crippen molar-refractivity contribution in [3.63, 3.8) is 0 Å². The Kier molecular flexibility index (Phi) is 11.3. The predicted octanol–water partition coefficient (Wildman–Crippen LogP) is 6.39. The first-order chi connectivity index (χ1) is 28.8. The van der Waals surface area contributed by atoms with Gasteiger partial charge in [-0.15, -0.1) is 0 Å². The van der Waals surface area contributed by atoms with Crippen LogP contribution in [-0.4, -0.2) is 84.5 Å². The summed E-state index contributed by atoms with van der Waals surface area (Å²) in [5, 5.41) is 8.26. The zero-order valence-corrected chi connectivity index (χ0v) is 33.4. The molecule has 0 atom stereocenters. The van der Waals surface area contributed by atoms with E-state index in [0.717, 1.165) is 23.3 Å². The number of fused-ring (bicyclic) bond motifs is 2. The third kappa shape index (κ3) is 7.68. The summed E-state index contributed by atoms with van der Waals surface area (Å²) in [4.78, 5) is 27.8. The summed E-state index contributed by atoms with van der Waals surface area (Å²) in [5.41, 5.74) is 4.15. The van der Waals surface area contributed by atoms with E-state index >= 15 is 0 Å². The van der Waals surface area contributed by atoms with Crippen LogP contribution in [0.25, 0.3) is 44.8 Å². The Balaban J connectivity index is 0.000000181. The summed E-state index contributed by atoms with van der Waals surface area (Å²) in [7, 11) is 11.9. The molecule has 6 heterocycles. The smallest absolute Gasteiger partial charge is 0.193 e. The molecule has 20 heteroatoms. The van der Waals surface area contributed by atoms with E-state index in [1.165, 1.54) is 40.4 Å². The standard InChI is InChI=1S/2C20H18F2N6O2/c1-27-10-11(8-24-27)13-9-23-12-5-6-16(26-20(12)25-13)28(2)19-17(21)14(29-3)7-15(30-4)18(19)22;1-27-10-11(8-24-27)13-9-23-12-5-6-16(28(2)20(12)25-13)26-19-17(21)14(29-3)7-15(30-4)18(19)22/h2*5-10H,1-4H3. The fourth-order valence-electron chi connectivity index (χ4n) is 6.07. The molecular formula is C40H36F4N12O4. The molecule has 0 aliphatic heterocycles. The summed E-state index contributed by atoms with van der Waals surface area (Å²) in [6.45, 7) is 0. The third-order valence-corrected chi connectivity index (χ3v) is 9.23. The highest BCUT2D eigenvalue weighted by atomic mass is 19.1. The first-order valence-electron chi connectivity index (χ1n) is 17.8. The Morgan fingerprint density at radius 1 is 0.600 bits per heavy atom. The Labute approximate surface area is 339 Å². The molecule has 0 aliphatic carbocycles. The molecule has 0 amide bonds. The zero-order chi connectivity index (χ0) is 42.8. The lowest BCUT2D eigenvalue weighted by Gasteiger charge is -2.22. The fraction of sp³-hybridized carbons (Fsp3) is 0.200. The topological polar surface area (TPSA) is 158 Å². The van der Waals surface area contributed by atoms with Gasteiger partial charge in [0, 0.05) is 63.8 Å². The van der Waals surface area contributed by atoms with Crippen molar-refractivity contribution in [2.75, 3.05) is 40.4 Å². The molecule has 0 spiro atoms. The molecule has 0 aliphatic rings. The van der Waals surface area contributed by atoms with Crippen molar-refractivity contribution >= 4 is 39.5 Å². The van der Waals surface area contributed by atoms with Gasteiger partial charge in [-0.2, -0.15) is 10.2 Å². The van der Waals surface area contributed by atoms with E-state index in [2.05, 4.69) is 40.1 Å². The molecule has 0 radical (unpaired) electrons. The van der Waals surface area contributed by atoms with Crippen LogP contribution in [-0.2, 0) is 21.1 Å². The molecule has 2 aromatic carbocycles. The van der Waals surface area contributed by atoms with Gasteiger partial charge in [0.15, 0.2) is 57.6 Å². The maximum Gasteiger partial charge on any atom is 0.193 e. The molecule has 60 heavy (non-hydrogen) atoms. The average Bonchev–Trinajstić information content (AvgIpc) is 3.91. The van der Waals surface area contributed by atoms with Gasteiger partial charge in [0.2, 0.25) is 0 Å². The number of hydrogen-bond acceptors (Lipinski definition) is 13. The molecule has 0 N–H and O–H groups in total. The summed E-state index contributed by atoms with van der Waals surface area (Å²) >= 11 is 0. The Hall–Kier alpha value is -7.64. The molecule has 308 valence electrons. The molecule has 0 bridgehead atoms. The second kappa shape index (κ2) is 16.7. The zero-order valence-electron chi connectivity index (χ0n) is 33.4. The number of nitrogens with zero attached hydrogens (tertiary/aromatic N) is 12. The lowest BCUT2D eigenvalue weighted by molar-refractivity contribution is 0.359. The van der Waals surface area contributed by atoms with Gasteiger partial charge >= 0.3 is 0 Å². The Bertz CT molecular complexity index is 2910. The molecule has 16 nitrogen and oxygen atoms in total. The first-order valence-corrected chi connectivity index (χ1v) is 17.8. The number of aryl methyl sites for hydroxylation is 3. The summed E-state index contributed by atoms with van der Waals surface area (Å²) in [6.07, 6.45) is 10.2. The van der Waals surface area contributed by atoms with Crippen LogP contribution in [0.3, 0.4) is 0 Å². The second-order valence-corrected chi connectivity index (χ2v) is 13.0. The number of halogens is 4. The van der Waals surface area contributed by atoms with Crippen molar-refractivity contribution in [3.8, 4) is 45.5 Å². The second-order valence-electron chi connectivity index (χ2n) is 13.0. The third-order valence-electron chi connectivity index (χ3n) is 9.23. The van der Waals surface area contributed by atoms with Crippen LogP contribution in [0, 0.1) is 23.3 Å². The fourth-order valence-corrected chi connectivity index (χ4v) is 6.07. The van der Waals surface area contributed by atoms with Gasteiger partial charge < -0.3 is 28.4 Å². The van der Waals surface area contributed by atoms with E-state index in [1.54, 1.807) is 90.3 Å². The molecule has 8 rings (SSSR count). The van der Waals surface area contributed by atoms with Crippen LogP contribution in [0.2, 0.25) is 0 Å². The minimum atomic E-state index is -0.925. The van der Waals surface area contributed by atoms with E-state index in [4.69, 9.17) is 18.9 Å². The highest BCUT2D eigenvalue weighted by Crippen LogP contribution is 2.39. The van der Waals surface area contributed by atoms with Crippen molar-refractivity contribution in [1.29, 1.82) is 0 Å². The molecular weight excluding hydrogens is 789 g/mol. The van der Waals surface area contributed by atoms with Crippen molar-refractivity contribution < 1.29 is 36.5 Å². The number of benzene rings is 2. The largest absolute Gasteiger partial charge is 0.493 e. The van der Waals surface area contributed by atoms with E-state index < -0.39 is 29.0 Å². The van der Waals surface area contributed by atoms with Gasteiger partial charge in [0.1, 0.15) is 33.7 Å². The van der Waals surface area contributed by atoms with Crippen LogP contribution in [0.4, 0.5) is 34.8 Å². The maximum absolute atomic E-state index is 14.9. The first kappa shape index (κ1) is 40.6. The number of rotatable bonds is 9. The van der Waals surface area contributed by atoms with Crippen molar-refractivity contribution in [2.45, 2.75) is 0 Å². The number of pyridine rings is 2. The van der Waals surface area contributed by atoms with Gasteiger partial charge in [-0.25, -0.2) is 37.5 Å². The van der Waals surface area contributed by atoms with Gasteiger partial charge in [0.05, 0.1) is 64.6 Å². The molecule has 6 aromatic heterocycles. The van der Waals surface area contributed by atoms with E-state index in [1.807, 2.05) is 6.20 Å². The highest BCUT2D eigenvalue weighted by Gasteiger charge is 2.25. The number of ether oxygens (including phenoxy) is 4. The minimum absolute atomic E-state index is 0.144. The van der Waals surface area contributed by atoms with Crippen molar-refractivity contribution in [2.24, 2.45) is 26.1 Å². The monoisotopic (exact) mass is 824 g/mol. The number of anilines is 2. The van der Waals surface area contributed by atoms with Crippen LogP contribution in [0.15, 0.2) is 78.6 Å². The average molecular weight is 825 g/mol. The molecule has 0 saturated carbocycles. The van der Waals surface area contributed by atoms with Gasteiger partial charge in [0.25, 0.3) is 0 Å². The number of aromatic nitrogens is 10. The molecule has 0 fully saturated rings. The van der Waals surface area contributed by atoms with Crippen LogP contribution < -0.4 is 29.3 Å². The summed E-state index contributed by atoms with van der Waals surface area (Å²) < 4.78 is 84.0. The normalized spacial score (nSPS) is 11.4. The van der Waals surface area contributed by atoms with Crippen LogP contribution in [0.5, 0.6) is 23.0 Å². The number of methoxy groups -OCH3 is 4. The van der Waals surface area contributed by atoms with Crippen molar-refractivity contribution in [1.82, 2.24) is 49.0 Å².